The van der Waals surface area contributed by atoms with E-state index in [1.54, 1.807) is 13.2 Å². The van der Waals surface area contributed by atoms with Gasteiger partial charge in [-0.1, -0.05) is 25.5 Å². The van der Waals surface area contributed by atoms with Crippen molar-refractivity contribution in [2.24, 2.45) is 12.0 Å². The monoisotopic (exact) mass is 343 g/mol. The summed E-state index contributed by atoms with van der Waals surface area (Å²) in [7, 11) is 3.71. The Bertz CT molecular complexity index is 648. The molecule has 2 rings (SSSR count). The molecular weight excluding hydrogens is 314 g/mol. The van der Waals surface area contributed by atoms with Gasteiger partial charge in [-0.25, -0.2) is 0 Å². The number of ether oxygens (including phenoxy) is 1. The lowest BCUT2D eigenvalue weighted by atomic mass is 10.1. The Morgan fingerprint density at radius 1 is 1.20 bits per heavy atom. The van der Waals surface area contributed by atoms with Crippen LogP contribution in [0.5, 0.6) is 5.75 Å². The van der Waals surface area contributed by atoms with Gasteiger partial charge in [-0.15, -0.1) is 0 Å². The number of hydrogen-bond acceptors (Lipinski definition) is 3. The molecule has 6 heteroatoms. The lowest BCUT2D eigenvalue weighted by molar-refractivity contribution is 0.309. The Balaban J connectivity index is 1.70. The van der Waals surface area contributed by atoms with Crippen molar-refractivity contribution in [1.82, 2.24) is 20.4 Å². The van der Waals surface area contributed by atoms with Gasteiger partial charge in [0.25, 0.3) is 0 Å². The second-order valence-electron chi connectivity index (χ2n) is 5.89. The van der Waals surface area contributed by atoms with Crippen LogP contribution in [0.15, 0.2) is 41.5 Å². The van der Waals surface area contributed by atoms with E-state index in [4.69, 9.17) is 4.74 Å². The Labute approximate surface area is 150 Å². The average Bonchev–Trinajstić information content (AvgIpc) is 3.04. The number of rotatable bonds is 9. The van der Waals surface area contributed by atoms with Gasteiger partial charge in [0.1, 0.15) is 5.75 Å². The summed E-state index contributed by atoms with van der Waals surface area (Å²) in [5, 5.41) is 10.8. The highest BCUT2D eigenvalue weighted by Crippen LogP contribution is 2.12. The molecule has 2 aromatic rings. The molecule has 0 aliphatic carbocycles. The van der Waals surface area contributed by atoms with Gasteiger partial charge in [0.15, 0.2) is 5.96 Å². The van der Waals surface area contributed by atoms with Crippen molar-refractivity contribution in [3.8, 4) is 5.75 Å². The molecule has 0 atom stereocenters. The predicted molar refractivity (Wildman–Crippen MR) is 102 cm³/mol. The second kappa shape index (κ2) is 10.4. The van der Waals surface area contributed by atoms with Gasteiger partial charge in [0, 0.05) is 26.8 Å². The summed E-state index contributed by atoms with van der Waals surface area (Å²) >= 11 is 0. The van der Waals surface area contributed by atoms with Crippen molar-refractivity contribution in [2.75, 3.05) is 20.2 Å². The highest BCUT2D eigenvalue weighted by molar-refractivity contribution is 5.79. The van der Waals surface area contributed by atoms with Crippen molar-refractivity contribution in [3.05, 3.63) is 47.8 Å². The molecule has 0 aliphatic rings. The molecule has 0 radical (unpaired) electrons. The summed E-state index contributed by atoms with van der Waals surface area (Å²) in [6.07, 6.45) is 4.97. The van der Waals surface area contributed by atoms with Crippen molar-refractivity contribution in [3.63, 3.8) is 0 Å². The SMILES string of the molecule is CCCCOc1ccc(CCNC(=NC)NCc2ccnn2C)cc1. The first-order valence-corrected chi connectivity index (χ1v) is 8.86. The fourth-order valence-corrected chi connectivity index (χ4v) is 2.38. The Hall–Kier alpha value is -2.50. The van der Waals surface area contributed by atoms with Gasteiger partial charge in [0.05, 0.1) is 18.8 Å². The van der Waals surface area contributed by atoms with Crippen LogP contribution in [-0.4, -0.2) is 35.9 Å². The lowest BCUT2D eigenvalue weighted by Crippen LogP contribution is -2.38. The fraction of sp³-hybridized carbons (Fsp3) is 0.474. The second-order valence-corrected chi connectivity index (χ2v) is 5.89. The maximum absolute atomic E-state index is 5.69. The molecule has 0 saturated heterocycles. The minimum atomic E-state index is 0.694. The van der Waals surface area contributed by atoms with E-state index in [-0.39, 0.29) is 0 Å². The standard InChI is InChI=1S/C19H29N5O/c1-4-5-14-25-18-8-6-16(7-9-18)10-12-21-19(20-2)22-15-17-11-13-23-24(17)3/h6-9,11,13H,4-5,10,12,14-15H2,1-3H3,(H2,20,21,22). The van der Waals surface area contributed by atoms with Gasteiger partial charge in [-0.05, 0) is 36.6 Å². The number of hydrogen-bond donors (Lipinski definition) is 2. The molecule has 6 nitrogen and oxygen atoms in total. The number of nitrogens with zero attached hydrogens (tertiary/aromatic N) is 3. The van der Waals surface area contributed by atoms with Crippen LogP contribution in [0.4, 0.5) is 0 Å². The molecule has 0 fully saturated rings. The maximum Gasteiger partial charge on any atom is 0.191 e. The van der Waals surface area contributed by atoms with E-state index in [9.17, 15) is 0 Å². The van der Waals surface area contributed by atoms with E-state index in [0.29, 0.717) is 6.54 Å². The average molecular weight is 343 g/mol. The molecule has 0 unspecified atom stereocenters. The first-order chi connectivity index (χ1) is 12.2. The molecule has 1 aromatic heterocycles. The molecule has 1 aromatic carbocycles. The molecule has 25 heavy (non-hydrogen) atoms. The van der Waals surface area contributed by atoms with Gasteiger partial charge in [-0.2, -0.15) is 5.10 Å². The highest BCUT2D eigenvalue weighted by atomic mass is 16.5. The summed E-state index contributed by atoms with van der Waals surface area (Å²) in [5.74, 6) is 1.74. The van der Waals surface area contributed by atoms with Gasteiger partial charge < -0.3 is 15.4 Å². The molecule has 0 spiro atoms. The largest absolute Gasteiger partial charge is 0.494 e. The zero-order chi connectivity index (χ0) is 17.9. The number of aromatic nitrogens is 2. The molecule has 0 saturated carbocycles. The number of nitrogens with one attached hydrogen (secondary N) is 2. The highest BCUT2D eigenvalue weighted by Gasteiger charge is 2.02. The van der Waals surface area contributed by atoms with Crippen LogP contribution in [0, 0.1) is 0 Å². The molecule has 0 bridgehead atoms. The zero-order valence-corrected chi connectivity index (χ0v) is 15.5. The third-order valence-corrected chi connectivity index (χ3v) is 3.98. The van der Waals surface area contributed by atoms with Crippen molar-refractivity contribution < 1.29 is 4.74 Å². The minimum absolute atomic E-state index is 0.694. The van der Waals surface area contributed by atoms with Gasteiger partial charge >= 0.3 is 0 Å². The van der Waals surface area contributed by atoms with Gasteiger partial charge in [-0.3, -0.25) is 9.67 Å². The maximum atomic E-state index is 5.69. The normalized spacial score (nSPS) is 11.4. The molecular formula is C19H29N5O. The van der Waals surface area contributed by atoms with E-state index in [2.05, 4.69) is 39.8 Å². The van der Waals surface area contributed by atoms with Crippen LogP contribution in [0.25, 0.3) is 0 Å². The number of guanidine groups is 1. The first-order valence-electron chi connectivity index (χ1n) is 8.86. The number of benzene rings is 1. The zero-order valence-electron chi connectivity index (χ0n) is 15.5. The van der Waals surface area contributed by atoms with Crippen molar-refractivity contribution >= 4 is 5.96 Å². The van der Waals surface area contributed by atoms with Gasteiger partial charge in [0.2, 0.25) is 0 Å². The van der Waals surface area contributed by atoms with Crippen LogP contribution in [0.3, 0.4) is 0 Å². The Morgan fingerprint density at radius 3 is 2.64 bits per heavy atom. The summed E-state index contributed by atoms with van der Waals surface area (Å²) < 4.78 is 7.54. The van der Waals surface area contributed by atoms with E-state index < -0.39 is 0 Å². The molecule has 0 aliphatic heterocycles. The predicted octanol–water partition coefficient (Wildman–Crippen LogP) is 2.51. The van der Waals surface area contributed by atoms with Crippen molar-refractivity contribution in [2.45, 2.75) is 32.7 Å². The van der Waals surface area contributed by atoms with Crippen molar-refractivity contribution in [1.29, 1.82) is 0 Å². The fourth-order valence-electron chi connectivity index (χ4n) is 2.38. The van der Waals surface area contributed by atoms with Crippen LogP contribution in [-0.2, 0) is 20.0 Å². The van der Waals surface area contributed by atoms with Crippen LogP contribution < -0.4 is 15.4 Å². The summed E-state index contributed by atoms with van der Waals surface area (Å²) in [5.41, 5.74) is 2.39. The molecule has 136 valence electrons. The van der Waals surface area contributed by atoms with Crippen LogP contribution in [0.1, 0.15) is 31.0 Å². The number of aryl methyl sites for hydroxylation is 1. The van der Waals surface area contributed by atoms with Crippen LogP contribution in [0.2, 0.25) is 0 Å². The first kappa shape index (κ1) is 18.8. The summed E-state index contributed by atoms with van der Waals surface area (Å²) in [4.78, 5) is 4.25. The summed E-state index contributed by atoms with van der Waals surface area (Å²) in [6, 6.07) is 10.3. The topological polar surface area (TPSA) is 63.5 Å². The summed E-state index contributed by atoms with van der Waals surface area (Å²) in [6.45, 7) is 4.47. The number of aliphatic imine (C=N–C) groups is 1. The number of unbranched alkanes of at least 4 members (excludes halogenated alkanes) is 1. The smallest absolute Gasteiger partial charge is 0.191 e. The Morgan fingerprint density at radius 2 is 2.00 bits per heavy atom. The van der Waals surface area contributed by atoms with E-state index >= 15 is 0 Å². The van der Waals surface area contributed by atoms with Crippen LogP contribution >= 0.6 is 0 Å². The molecule has 0 amide bonds. The quantitative estimate of drug-likeness (QED) is 0.417. The minimum Gasteiger partial charge on any atom is -0.494 e. The van der Waals surface area contributed by atoms with E-state index in [1.165, 1.54) is 5.56 Å². The third kappa shape index (κ3) is 6.49. The Kier molecular flexibility index (Phi) is 7.82. The molecule has 1 heterocycles. The molecule has 2 N–H and O–H groups in total. The lowest BCUT2D eigenvalue weighted by Gasteiger charge is -2.12. The van der Waals surface area contributed by atoms with E-state index in [0.717, 1.165) is 49.8 Å². The third-order valence-electron chi connectivity index (χ3n) is 3.98. The van der Waals surface area contributed by atoms with E-state index in [1.807, 2.05) is 29.9 Å².